The van der Waals surface area contributed by atoms with E-state index in [1.165, 1.54) is 12.8 Å². The molecule has 0 spiro atoms. The molecule has 1 aliphatic rings. The molecular formula is C11H23N3O2. The highest BCUT2D eigenvalue weighted by Gasteiger charge is 2.20. The molecule has 5 nitrogen and oxygen atoms in total. The van der Waals surface area contributed by atoms with Crippen molar-refractivity contribution in [3.63, 3.8) is 0 Å². The predicted octanol–water partition coefficient (Wildman–Crippen LogP) is 0.282. The number of urea groups is 1. The topological polar surface area (TPSA) is 78.6 Å². The fourth-order valence-electron chi connectivity index (χ4n) is 2.21. The normalized spacial score (nSPS) is 21.9. The molecule has 1 unspecified atom stereocenters. The van der Waals surface area contributed by atoms with E-state index in [4.69, 9.17) is 5.73 Å². The Balaban J connectivity index is 2.08. The molecule has 0 radical (unpaired) electrons. The maximum Gasteiger partial charge on any atom is 0.312 e. The van der Waals surface area contributed by atoms with Crippen molar-refractivity contribution in [1.29, 1.82) is 0 Å². The average Bonchev–Trinajstić information content (AvgIpc) is 2.29. The molecule has 2 amide bonds. The number of aliphatic hydroxyl groups excluding tert-OH is 1. The second-order valence-electron chi connectivity index (χ2n) is 4.37. The molecule has 0 bridgehead atoms. The number of piperidine rings is 1. The van der Waals surface area contributed by atoms with Crippen molar-refractivity contribution >= 4 is 6.03 Å². The molecule has 1 aliphatic heterocycles. The minimum absolute atomic E-state index is 0.263. The average molecular weight is 229 g/mol. The number of nitrogens with zero attached hydrogens (tertiary/aromatic N) is 1. The lowest BCUT2D eigenvalue weighted by Gasteiger charge is -2.34. The van der Waals surface area contributed by atoms with Gasteiger partial charge in [-0.1, -0.05) is 6.42 Å². The standard InChI is InChI=1S/C11H23N3O2/c12-11(16)13-6-2-4-8-14-7-3-1-5-10(14)9-15/h10,15H,1-9H2,(H3,12,13,16). The number of hydrogen-bond acceptors (Lipinski definition) is 3. The minimum atomic E-state index is -0.453. The third-order valence-corrected chi connectivity index (χ3v) is 3.13. The molecule has 5 heteroatoms. The van der Waals surface area contributed by atoms with Crippen molar-refractivity contribution in [3.05, 3.63) is 0 Å². The summed E-state index contributed by atoms with van der Waals surface area (Å²) in [5.41, 5.74) is 4.97. The fraction of sp³-hybridized carbons (Fsp3) is 0.909. The summed E-state index contributed by atoms with van der Waals surface area (Å²) < 4.78 is 0. The van der Waals surface area contributed by atoms with Crippen LogP contribution in [0.25, 0.3) is 0 Å². The molecule has 1 heterocycles. The summed E-state index contributed by atoms with van der Waals surface area (Å²) in [6.07, 6.45) is 5.55. The summed E-state index contributed by atoms with van der Waals surface area (Å²) in [6.45, 7) is 3.01. The van der Waals surface area contributed by atoms with E-state index in [-0.39, 0.29) is 6.61 Å². The Hall–Kier alpha value is -0.810. The number of rotatable bonds is 6. The Morgan fingerprint density at radius 3 is 2.94 bits per heavy atom. The van der Waals surface area contributed by atoms with Crippen molar-refractivity contribution in [2.75, 3.05) is 26.2 Å². The third-order valence-electron chi connectivity index (χ3n) is 3.13. The van der Waals surface area contributed by atoms with Crippen molar-refractivity contribution in [2.24, 2.45) is 5.73 Å². The molecule has 16 heavy (non-hydrogen) atoms. The Bertz CT molecular complexity index is 211. The van der Waals surface area contributed by atoms with Gasteiger partial charge in [0, 0.05) is 12.6 Å². The molecule has 0 aromatic heterocycles. The zero-order valence-corrected chi connectivity index (χ0v) is 9.82. The van der Waals surface area contributed by atoms with E-state index in [2.05, 4.69) is 10.2 Å². The van der Waals surface area contributed by atoms with Crippen LogP contribution in [0.2, 0.25) is 0 Å². The number of likely N-dealkylation sites (tertiary alicyclic amines) is 1. The van der Waals surface area contributed by atoms with Crippen LogP contribution in [0, 0.1) is 0 Å². The van der Waals surface area contributed by atoms with Crippen LogP contribution in [0.3, 0.4) is 0 Å². The second kappa shape index (κ2) is 7.46. The maximum absolute atomic E-state index is 10.4. The SMILES string of the molecule is NC(=O)NCCCCN1CCCCC1CO. The summed E-state index contributed by atoms with van der Waals surface area (Å²) in [4.78, 5) is 12.8. The quantitative estimate of drug-likeness (QED) is 0.572. The Morgan fingerprint density at radius 1 is 1.44 bits per heavy atom. The Labute approximate surface area is 97.0 Å². The maximum atomic E-state index is 10.4. The van der Waals surface area contributed by atoms with E-state index >= 15 is 0 Å². The molecule has 1 fully saturated rings. The van der Waals surface area contributed by atoms with E-state index in [9.17, 15) is 9.90 Å². The molecule has 0 aromatic rings. The van der Waals surface area contributed by atoms with Crippen LogP contribution in [-0.2, 0) is 0 Å². The molecule has 1 rings (SSSR count). The van der Waals surface area contributed by atoms with E-state index in [1.807, 2.05) is 0 Å². The number of amides is 2. The van der Waals surface area contributed by atoms with Crippen LogP contribution in [0.1, 0.15) is 32.1 Å². The van der Waals surface area contributed by atoms with Crippen molar-refractivity contribution in [3.8, 4) is 0 Å². The van der Waals surface area contributed by atoms with Crippen LogP contribution in [0.4, 0.5) is 4.79 Å². The largest absolute Gasteiger partial charge is 0.395 e. The van der Waals surface area contributed by atoms with Crippen molar-refractivity contribution in [1.82, 2.24) is 10.2 Å². The van der Waals surface area contributed by atoms with Gasteiger partial charge in [-0.25, -0.2) is 4.79 Å². The first-order valence-corrected chi connectivity index (χ1v) is 6.12. The number of unbranched alkanes of at least 4 members (excludes halogenated alkanes) is 1. The Morgan fingerprint density at radius 2 is 2.25 bits per heavy atom. The number of carbonyl (C=O) groups excluding carboxylic acids is 1. The number of primary amides is 1. The third kappa shape index (κ3) is 4.81. The molecule has 1 saturated heterocycles. The van der Waals surface area contributed by atoms with Gasteiger partial charge in [-0.15, -0.1) is 0 Å². The number of hydrogen-bond donors (Lipinski definition) is 3. The number of nitrogens with two attached hydrogens (primary N) is 1. The van der Waals surface area contributed by atoms with E-state index < -0.39 is 6.03 Å². The Kier molecular flexibility index (Phi) is 6.18. The first-order chi connectivity index (χ1) is 7.74. The molecule has 1 atom stereocenters. The zero-order chi connectivity index (χ0) is 11.8. The van der Waals surface area contributed by atoms with Crippen molar-refractivity contribution in [2.45, 2.75) is 38.1 Å². The van der Waals surface area contributed by atoms with E-state index in [0.717, 1.165) is 32.4 Å². The van der Waals surface area contributed by atoms with Gasteiger partial charge in [-0.05, 0) is 38.8 Å². The van der Waals surface area contributed by atoms with Gasteiger partial charge in [0.25, 0.3) is 0 Å². The summed E-state index contributed by atoms with van der Waals surface area (Å²) >= 11 is 0. The van der Waals surface area contributed by atoms with Crippen LogP contribution in [-0.4, -0.2) is 48.3 Å². The van der Waals surface area contributed by atoms with E-state index in [1.54, 1.807) is 0 Å². The first kappa shape index (κ1) is 13.3. The lowest BCUT2D eigenvalue weighted by molar-refractivity contribution is 0.0888. The van der Waals surface area contributed by atoms with Crippen LogP contribution in [0.15, 0.2) is 0 Å². The van der Waals surface area contributed by atoms with Gasteiger partial charge < -0.3 is 16.2 Å². The van der Waals surface area contributed by atoms with Gasteiger partial charge in [0.1, 0.15) is 0 Å². The molecule has 0 aliphatic carbocycles. The molecular weight excluding hydrogens is 206 g/mol. The van der Waals surface area contributed by atoms with E-state index in [0.29, 0.717) is 12.6 Å². The lowest BCUT2D eigenvalue weighted by atomic mass is 10.0. The zero-order valence-electron chi connectivity index (χ0n) is 9.82. The smallest absolute Gasteiger partial charge is 0.312 e. The highest BCUT2D eigenvalue weighted by atomic mass is 16.3. The molecule has 0 aromatic carbocycles. The van der Waals surface area contributed by atoms with Crippen LogP contribution < -0.4 is 11.1 Å². The highest BCUT2D eigenvalue weighted by Crippen LogP contribution is 2.16. The van der Waals surface area contributed by atoms with Crippen LogP contribution in [0.5, 0.6) is 0 Å². The minimum Gasteiger partial charge on any atom is -0.395 e. The van der Waals surface area contributed by atoms with Gasteiger partial charge >= 0.3 is 6.03 Å². The van der Waals surface area contributed by atoms with Gasteiger partial charge in [-0.2, -0.15) is 0 Å². The second-order valence-corrected chi connectivity index (χ2v) is 4.37. The van der Waals surface area contributed by atoms with Gasteiger partial charge in [0.2, 0.25) is 0 Å². The van der Waals surface area contributed by atoms with Gasteiger partial charge in [0.15, 0.2) is 0 Å². The van der Waals surface area contributed by atoms with Gasteiger partial charge in [-0.3, -0.25) is 4.90 Å². The summed E-state index contributed by atoms with van der Waals surface area (Å²) in [7, 11) is 0. The molecule has 4 N–H and O–H groups in total. The number of carbonyl (C=O) groups is 1. The predicted molar refractivity (Wildman–Crippen MR) is 63.1 cm³/mol. The molecule has 94 valence electrons. The first-order valence-electron chi connectivity index (χ1n) is 6.12. The highest BCUT2D eigenvalue weighted by molar-refractivity contribution is 5.71. The van der Waals surface area contributed by atoms with Crippen LogP contribution >= 0.6 is 0 Å². The summed E-state index contributed by atoms with van der Waals surface area (Å²) in [5.74, 6) is 0. The monoisotopic (exact) mass is 229 g/mol. The fourth-order valence-corrected chi connectivity index (χ4v) is 2.21. The van der Waals surface area contributed by atoms with Crippen molar-refractivity contribution < 1.29 is 9.90 Å². The summed E-state index contributed by atoms with van der Waals surface area (Å²) in [6, 6.07) is -0.107. The summed E-state index contributed by atoms with van der Waals surface area (Å²) in [5, 5.41) is 11.8. The lowest BCUT2D eigenvalue weighted by Crippen LogP contribution is -2.42. The number of aliphatic hydroxyl groups is 1. The number of nitrogens with one attached hydrogen (secondary N) is 1. The molecule has 0 saturated carbocycles. The van der Waals surface area contributed by atoms with Gasteiger partial charge in [0.05, 0.1) is 6.61 Å².